The van der Waals surface area contributed by atoms with Gasteiger partial charge in [0, 0.05) is 0 Å². The molecule has 0 saturated carbocycles. The van der Waals surface area contributed by atoms with Crippen LogP contribution >= 0.6 is 35.0 Å². The first-order chi connectivity index (χ1) is 5.76. The minimum absolute atomic E-state index is 0.379. The fourth-order valence-corrected chi connectivity index (χ4v) is 1.53. The van der Waals surface area contributed by atoms with E-state index in [0.717, 1.165) is 17.3 Å². The molecular weight excluding hydrogens is 215 g/mol. The molecule has 1 rings (SSSR count). The van der Waals surface area contributed by atoms with Crippen LogP contribution in [0.2, 0.25) is 5.15 Å². The number of nitrogens with zero attached hydrogens (tertiary/aromatic N) is 2. The van der Waals surface area contributed by atoms with E-state index in [1.165, 1.54) is 0 Å². The van der Waals surface area contributed by atoms with Crippen molar-refractivity contribution in [3.63, 3.8) is 0 Å². The van der Waals surface area contributed by atoms with Gasteiger partial charge >= 0.3 is 0 Å². The highest BCUT2D eigenvalue weighted by Gasteiger charge is 2.01. The molecule has 0 bridgehead atoms. The van der Waals surface area contributed by atoms with Gasteiger partial charge < -0.3 is 0 Å². The van der Waals surface area contributed by atoms with Gasteiger partial charge in [0.15, 0.2) is 0 Å². The monoisotopic (exact) mass is 222 g/mol. The van der Waals surface area contributed by atoms with E-state index < -0.39 is 0 Å². The maximum absolute atomic E-state index is 5.75. The molecule has 1 aromatic heterocycles. The van der Waals surface area contributed by atoms with Crippen molar-refractivity contribution in [2.45, 2.75) is 11.6 Å². The Morgan fingerprint density at radius 1 is 1.50 bits per heavy atom. The first-order valence-electron chi connectivity index (χ1n) is 3.33. The van der Waals surface area contributed by atoms with E-state index in [1.54, 1.807) is 17.8 Å². The number of aromatic nitrogens is 2. The molecule has 5 heteroatoms. The molecule has 0 radical (unpaired) electrons. The summed E-state index contributed by atoms with van der Waals surface area (Å²) in [6.07, 6.45) is 1.99. The molecule has 1 aromatic rings. The largest absolute Gasteiger partial charge is 0.236 e. The fourth-order valence-electron chi connectivity index (χ4n) is 0.778. The Bertz CT molecular complexity index is 268. The van der Waals surface area contributed by atoms with Crippen LogP contribution in [0.3, 0.4) is 0 Å². The molecular formula is C7H8Cl2N2S. The van der Waals surface area contributed by atoms with E-state index in [2.05, 4.69) is 9.97 Å². The van der Waals surface area contributed by atoms with Gasteiger partial charge in [-0.05, 0) is 12.3 Å². The first-order valence-corrected chi connectivity index (χ1v) is 5.64. The van der Waals surface area contributed by atoms with Gasteiger partial charge in [0.05, 0.1) is 17.3 Å². The molecule has 0 fully saturated rings. The van der Waals surface area contributed by atoms with E-state index in [-0.39, 0.29) is 0 Å². The summed E-state index contributed by atoms with van der Waals surface area (Å²) in [5.74, 6) is 1.89. The number of alkyl halides is 1. The van der Waals surface area contributed by atoms with Crippen molar-refractivity contribution in [3.05, 3.63) is 22.7 Å². The number of hydrogen-bond donors (Lipinski definition) is 0. The van der Waals surface area contributed by atoms with Crippen LogP contribution in [0.5, 0.6) is 0 Å². The summed E-state index contributed by atoms with van der Waals surface area (Å²) in [4.78, 5) is 8.24. The summed E-state index contributed by atoms with van der Waals surface area (Å²) in [6, 6.07) is 1.68. The van der Waals surface area contributed by atoms with Crippen molar-refractivity contribution < 1.29 is 0 Å². The summed E-state index contributed by atoms with van der Waals surface area (Å²) in [6.45, 7) is 0. The number of thioether (sulfide) groups is 1. The molecule has 1 heterocycles. The Morgan fingerprint density at radius 3 is 2.83 bits per heavy atom. The predicted molar refractivity (Wildman–Crippen MR) is 53.8 cm³/mol. The molecule has 0 N–H and O–H groups in total. The summed E-state index contributed by atoms with van der Waals surface area (Å²) in [5, 5.41) is 0.463. The maximum Gasteiger partial charge on any atom is 0.140 e. The van der Waals surface area contributed by atoms with Gasteiger partial charge in [-0.2, -0.15) is 11.8 Å². The summed E-state index contributed by atoms with van der Waals surface area (Å²) >= 11 is 13.0. The van der Waals surface area contributed by atoms with E-state index in [1.807, 2.05) is 6.26 Å². The molecule has 0 aliphatic rings. The lowest BCUT2D eigenvalue weighted by Crippen LogP contribution is -1.96. The Kier molecular flexibility index (Phi) is 4.12. The lowest BCUT2D eigenvalue weighted by atomic mass is 10.4. The zero-order valence-corrected chi connectivity index (χ0v) is 8.88. The second kappa shape index (κ2) is 4.90. The van der Waals surface area contributed by atoms with Crippen molar-refractivity contribution in [1.29, 1.82) is 0 Å². The first kappa shape index (κ1) is 10.1. The van der Waals surface area contributed by atoms with Crippen LogP contribution in [0.1, 0.15) is 11.5 Å². The van der Waals surface area contributed by atoms with Crippen molar-refractivity contribution in [2.75, 3.05) is 6.26 Å². The van der Waals surface area contributed by atoms with Crippen LogP contribution in [-0.2, 0) is 11.6 Å². The second-order valence-electron chi connectivity index (χ2n) is 2.16. The third-order valence-corrected chi connectivity index (χ3v) is 2.22. The van der Waals surface area contributed by atoms with Gasteiger partial charge in [0.25, 0.3) is 0 Å². The van der Waals surface area contributed by atoms with Gasteiger partial charge in [-0.3, -0.25) is 0 Å². The third kappa shape index (κ3) is 2.81. The molecule has 0 unspecified atom stereocenters. The Labute approximate surface area is 85.7 Å². The number of rotatable bonds is 3. The summed E-state index contributed by atoms with van der Waals surface area (Å²) in [5.41, 5.74) is 0.778. The molecule has 12 heavy (non-hydrogen) atoms. The zero-order valence-electron chi connectivity index (χ0n) is 6.55. The van der Waals surface area contributed by atoms with Crippen LogP contribution in [0.25, 0.3) is 0 Å². The molecule has 0 atom stereocenters. The van der Waals surface area contributed by atoms with Crippen molar-refractivity contribution in [3.8, 4) is 0 Å². The number of hydrogen-bond acceptors (Lipinski definition) is 3. The van der Waals surface area contributed by atoms with Gasteiger partial charge in [0.2, 0.25) is 0 Å². The molecule has 0 spiro atoms. The van der Waals surface area contributed by atoms with Crippen LogP contribution in [0, 0.1) is 0 Å². The molecule has 0 aliphatic heterocycles. The van der Waals surface area contributed by atoms with E-state index >= 15 is 0 Å². The highest BCUT2D eigenvalue weighted by molar-refractivity contribution is 7.97. The molecule has 66 valence electrons. The molecule has 0 aliphatic carbocycles. The summed E-state index contributed by atoms with van der Waals surface area (Å²) < 4.78 is 0. The minimum Gasteiger partial charge on any atom is -0.236 e. The lowest BCUT2D eigenvalue weighted by molar-refractivity contribution is 0.988. The Morgan fingerprint density at radius 2 is 2.25 bits per heavy atom. The Hall–Kier alpha value is 0.01000. The minimum atomic E-state index is 0.379. The van der Waals surface area contributed by atoms with E-state index in [4.69, 9.17) is 23.2 Å². The van der Waals surface area contributed by atoms with Gasteiger partial charge in [0.1, 0.15) is 11.0 Å². The van der Waals surface area contributed by atoms with Crippen LogP contribution in [0.4, 0.5) is 0 Å². The lowest BCUT2D eigenvalue weighted by Gasteiger charge is -2.00. The van der Waals surface area contributed by atoms with Crippen molar-refractivity contribution in [2.24, 2.45) is 0 Å². The van der Waals surface area contributed by atoms with Gasteiger partial charge in [-0.25, -0.2) is 9.97 Å². The topological polar surface area (TPSA) is 25.8 Å². The molecule has 0 saturated heterocycles. The van der Waals surface area contributed by atoms with E-state index in [9.17, 15) is 0 Å². The Balaban J connectivity index is 2.90. The SMILES string of the molecule is CSCc1nc(Cl)cc(CCl)n1. The van der Waals surface area contributed by atoms with Crippen LogP contribution in [0.15, 0.2) is 6.07 Å². The summed E-state index contributed by atoms with van der Waals surface area (Å²) in [7, 11) is 0. The molecule has 0 aromatic carbocycles. The van der Waals surface area contributed by atoms with Crippen molar-refractivity contribution in [1.82, 2.24) is 9.97 Å². The molecule has 2 nitrogen and oxygen atoms in total. The van der Waals surface area contributed by atoms with Crippen LogP contribution in [-0.4, -0.2) is 16.2 Å². The highest BCUT2D eigenvalue weighted by Crippen LogP contribution is 2.12. The normalized spacial score (nSPS) is 10.2. The predicted octanol–water partition coefficient (Wildman–Crippen LogP) is 2.73. The maximum atomic E-state index is 5.75. The zero-order chi connectivity index (χ0) is 8.97. The standard InChI is InChI=1S/C7H8Cl2N2S/c1-12-4-7-10-5(3-8)2-6(9)11-7/h2H,3-4H2,1H3. The average molecular weight is 223 g/mol. The smallest absolute Gasteiger partial charge is 0.140 e. The van der Waals surface area contributed by atoms with Gasteiger partial charge in [-0.15, -0.1) is 11.6 Å². The molecule has 0 amide bonds. The quantitative estimate of drug-likeness (QED) is 0.582. The van der Waals surface area contributed by atoms with E-state index in [0.29, 0.717) is 11.0 Å². The third-order valence-electron chi connectivity index (χ3n) is 1.20. The fraction of sp³-hybridized carbons (Fsp3) is 0.429. The average Bonchev–Trinajstić information content (AvgIpc) is 2.04. The van der Waals surface area contributed by atoms with Crippen LogP contribution < -0.4 is 0 Å². The second-order valence-corrected chi connectivity index (χ2v) is 3.69. The van der Waals surface area contributed by atoms with Gasteiger partial charge in [-0.1, -0.05) is 11.6 Å². The highest BCUT2D eigenvalue weighted by atomic mass is 35.5. The van der Waals surface area contributed by atoms with Crippen molar-refractivity contribution >= 4 is 35.0 Å². The number of halogens is 2.